The third-order valence-electron chi connectivity index (χ3n) is 4.64. The SMILES string of the molecule is Cc1nc(-c2ccccc2)sc1CNC(=O)[C@@H]1CCC[C@@H]1CN. The monoisotopic (exact) mass is 329 g/mol. The topological polar surface area (TPSA) is 68.0 Å². The molecule has 1 fully saturated rings. The Hall–Kier alpha value is -1.72. The Bertz CT molecular complexity index is 668. The van der Waals surface area contributed by atoms with Crippen molar-refractivity contribution >= 4 is 17.2 Å². The summed E-state index contributed by atoms with van der Waals surface area (Å²) >= 11 is 1.65. The smallest absolute Gasteiger partial charge is 0.223 e. The molecule has 1 heterocycles. The van der Waals surface area contributed by atoms with Crippen molar-refractivity contribution in [3.05, 3.63) is 40.9 Å². The van der Waals surface area contributed by atoms with Crippen LogP contribution in [0.25, 0.3) is 10.6 Å². The quantitative estimate of drug-likeness (QED) is 0.885. The van der Waals surface area contributed by atoms with Crippen molar-refractivity contribution in [1.29, 1.82) is 0 Å². The third kappa shape index (κ3) is 3.62. The standard InChI is InChI=1S/C18H23N3OS/c1-12-16(23-18(21-12)13-6-3-2-4-7-13)11-20-17(22)15-9-5-8-14(15)10-19/h2-4,6-7,14-15H,5,8-11,19H2,1H3,(H,20,22)/t14-,15-/m1/s1. The van der Waals surface area contributed by atoms with Crippen molar-refractivity contribution in [3.63, 3.8) is 0 Å². The first-order valence-electron chi connectivity index (χ1n) is 8.18. The van der Waals surface area contributed by atoms with Crippen LogP contribution < -0.4 is 11.1 Å². The van der Waals surface area contributed by atoms with Gasteiger partial charge in [0, 0.05) is 16.4 Å². The van der Waals surface area contributed by atoms with Gasteiger partial charge in [-0.15, -0.1) is 11.3 Å². The Labute approximate surface area is 141 Å². The molecule has 1 saturated carbocycles. The van der Waals surface area contributed by atoms with Crippen molar-refractivity contribution in [2.24, 2.45) is 17.6 Å². The van der Waals surface area contributed by atoms with Crippen LogP contribution in [0.15, 0.2) is 30.3 Å². The van der Waals surface area contributed by atoms with E-state index < -0.39 is 0 Å². The van der Waals surface area contributed by atoms with Gasteiger partial charge in [0.25, 0.3) is 0 Å². The van der Waals surface area contributed by atoms with E-state index in [4.69, 9.17) is 5.73 Å². The zero-order chi connectivity index (χ0) is 16.2. The van der Waals surface area contributed by atoms with Crippen LogP contribution >= 0.6 is 11.3 Å². The van der Waals surface area contributed by atoms with Crippen LogP contribution in [0.4, 0.5) is 0 Å². The van der Waals surface area contributed by atoms with E-state index in [1.165, 1.54) is 0 Å². The number of aryl methyl sites for hydroxylation is 1. The molecule has 4 nitrogen and oxygen atoms in total. The van der Waals surface area contributed by atoms with E-state index in [2.05, 4.69) is 22.4 Å². The normalized spacial score (nSPS) is 20.6. The van der Waals surface area contributed by atoms with Crippen LogP contribution in [-0.2, 0) is 11.3 Å². The lowest BCUT2D eigenvalue weighted by Gasteiger charge is -2.17. The molecule has 1 amide bonds. The maximum Gasteiger partial charge on any atom is 0.223 e. The van der Waals surface area contributed by atoms with Crippen LogP contribution in [0.2, 0.25) is 0 Å². The largest absolute Gasteiger partial charge is 0.351 e. The highest BCUT2D eigenvalue weighted by molar-refractivity contribution is 7.15. The summed E-state index contributed by atoms with van der Waals surface area (Å²) < 4.78 is 0. The average Bonchev–Trinajstić information content (AvgIpc) is 3.20. The summed E-state index contributed by atoms with van der Waals surface area (Å²) in [7, 11) is 0. The van der Waals surface area contributed by atoms with Gasteiger partial charge in [0.2, 0.25) is 5.91 Å². The minimum absolute atomic E-state index is 0.0850. The van der Waals surface area contributed by atoms with Crippen molar-refractivity contribution in [3.8, 4) is 10.6 Å². The first kappa shape index (κ1) is 16.1. The van der Waals surface area contributed by atoms with Crippen molar-refractivity contribution in [1.82, 2.24) is 10.3 Å². The molecule has 2 atom stereocenters. The number of aromatic nitrogens is 1. The minimum Gasteiger partial charge on any atom is -0.351 e. The fraction of sp³-hybridized carbons (Fsp3) is 0.444. The molecule has 1 aliphatic rings. The van der Waals surface area contributed by atoms with E-state index in [1.807, 2.05) is 25.1 Å². The highest BCUT2D eigenvalue weighted by atomic mass is 32.1. The molecule has 1 aromatic carbocycles. The van der Waals surface area contributed by atoms with Crippen molar-refractivity contribution in [2.75, 3.05) is 6.54 Å². The first-order valence-corrected chi connectivity index (χ1v) is 9.00. The van der Waals surface area contributed by atoms with E-state index in [0.717, 1.165) is 40.4 Å². The zero-order valence-corrected chi connectivity index (χ0v) is 14.2. The van der Waals surface area contributed by atoms with E-state index in [9.17, 15) is 4.79 Å². The summed E-state index contributed by atoms with van der Waals surface area (Å²) in [6.07, 6.45) is 3.15. The lowest BCUT2D eigenvalue weighted by atomic mass is 9.95. The van der Waals surface area contributed by atoms with Gasteiger partial charge in [0.05, 0.1) is 12.2 Å². The Morgan fingerprint density at radius 1 is 1.35 bits per heavy atom. The molecule has 122 valence electrons. The summed E-state index contributed by atoms with van der Waals surface area (Å²) in [6, 6.07) is 10.2. The number of thiazole rings is 1. The molecular formula is C18H23N3OS. The molecule has 3 N–H and O–H groups in total. The number of nitrogens with two attached hydrogens (primary N) is 1. The Morgan fingerprint density at radius 2 is 2.13 bits per heavy atom. The lowest BCUT2D eigenvalue weighted by molar-refractivity contribution is -0.126. The molecular weight excluding hydrogens is 306 g/mol. The molecule has 23 heavy (non-hydrogen) atoms. The number of benzene rings is 1. The van der Waals surface area contributed by atoms with Gasteiger partial charge in [-0.1, -0.05) is 36.8 Å². The maximum absolute atomic E-state index is 12.4. The maximum atomic E-state index is 12.4. The zero-order valence-electron chi connectivity index (χ0n) is 13.4. The fourth-order valence-electron chi connectivity index (χ4n) is 3.26. The summed E-state index contributed by atoms with van der Waals surface area (Å²) in [4.78, 5) is 18.2. The molecule has 3 rings (SSSR count). The highest BCUT2D eigenvalue weighted by Crippen LogP contribution is 2.31. The van der Waals surface area contributed by atoms with Crippen LogP contribution in [-0.4, -0.2) is 17.4 Å². The summed E-state index contributed by atoms with van der Waals surface area (Å²) in [5.41, 5.74) is 7.89. The number of hydrogen-bond acceptors (Lipinski definition) is 4. The number of nitrogens with one attached hydrogen (secondary N) is 1. The van der Waals surface area contributed by atoms with Crippen molar-refractivity contribution in [2.45, 2.75) is 32.7 Å². The molecule has 2 aromatic rings. The summed E-state index contributed by atoms with van der Waals surface area (Å²) in [6.45, 7) is 3.17. The molecule has 1 aliphatic carbocycles. The second kappa shape index (κ2) is 7.23. The fourth-order valence-corrected chi connectivity index (χ4v) is 4.27. The van der Waals surface area contributed by atoms with Crippen LogP contribution in [0.5, 0.6) is 0 Å². The summed E-state index contributed by atoms with van der Waals surface area (Å²) in [5.74, 6) is 0.575. The highest BCUT2D eigenvalue weighted by Gasteiger charge is 2.31. The molecule has 1 aromatic heterocycles. The van der Waals surface area contributed by atoms with Gasteiger partial charge in [-0.25, -0.2) is 4.98 Å². The number of nitrogens with zero attached hydrogens (tertiary/aromatic N) is 1. The van der Waals surface area contributed by atoms with Gasteiger partial charge in [-0.3, -0.25) is 4.79 Å². The van der Waals surface area contributed by atoms with Gasteiger partial charge in [0.15, 0.2) is 0 Å². The van der Waals surface area contributed by atoms with E-state index >= 15 is 0 Å². The molecule has 0 saturated heterocycles. The number of carbonyl (C=O) groups is 1. The molecule has 0 radical (unpaired) electrons. The van der Waals surface area contributed by atoms with Gasteiger partial charge in [0.1, 0.15) is 5.01 Å². The second-order valence-corrected chi connectivity index (χ2v) is 7.23. The number of carbonyl (C=O) groups excluding carboxylic acids is 1. The summed E-state index contributed by atoms with van der Waals surface area (Å²) in [5, 5.41) is 4.09. The van der Waals surface area contributed by atoms with Gasteiger partial charge < -0.3 is 11.1 Å². The molecule has 5 heteroatoms. The minimum atomic E-state index is 0.0850. The van der Waals surface area contributed by atoms with Crippen LogP contribution in [0, 0.1) is 18.8 Å². The van der Waals surface area contributed by atoms with Gasteiger partial charge in [-0.05, 0) is 32.2 Å². The lowest BCUT2D eigenvalue weighted by Crippen LogP contribution is -2.34. The molecule has 0 spiro atoms. The Morgan fingerprint density at radius 3 is 2.87 bits per heavy atom. The second-order valence-electron chi connectivity index (χ2n) is 6.14. The predicted octanol–water partition coefficient (Wildman–Crippen LogP) is 3.11. The van der Waals surface area contributed by atoms with E-state index in [1.54, 1.807) is 11.3 Å². The number of hydrogen-bond donors (Lipinski definition) is 2. The molecule has 0 aliphatic heterocycles. The molecule has 0 unspecified atom stereocenters. The van der Waals surface area contributed by atoms with Crippen molar-refractivity contribution < 1.29 is 4.79 Å². The Balaban J connectivity index is 1.65. The first-order chi connectivity index (χ1) is 11.2. The third-order valence-corrected chi connectivity index (χ3v) is 5.84. The van der Waals surface area contributed by atoms with E-state index in [0.29, 0.717) is 19.0 Å². The van der Waals surface area contributed by atoms with Gasteiger partial charge in [-0.2, -0.15) is 0 Å². The van der Waals surface area contributed by atoms with Gasteiger partial charge >= 0.3 is 0 Å². The predicted molar refractivity (Wildman–Crippen MR) is 94.0 cm³/mol. The van der Waals surface area contributed by atoms with E-state index in [-0.39, 0.29) is 11.8 Å². The van der Waals surface area contributed by atoms with Crippen LogP contribution in [0.1, 0.15) is 29.8 Å². The molecule has 0 bridgehead atoms. The van der Waals surface area contributed by atoms with Crippen LogP contribution in [0.3, 0.4) is 0 Å². The number of amides is 1. The number of rotatable bonds is 5. The Kier molecular flexibility index (Phi) is 5.08. The average molecular weight is 329 g/mol.